The highest BCUT2D eigenvalue weighted by Crippen LogP contribution is 2.29. The first-order chi connectivity index (χ1) is 23.1. The third kappa shape index (κ3) is 8.60. The van der Waals surface area contributed by atoms with Gasteiger partial charge in [0.2, 0.25) is 0 Å². The van der Waals surface area contributed by atoms with Crippen LogP contribution in [0.2, 0.25) is 0 Å². The van der Waals surface area contributed by atoms with Gasteiger partial charge in [0.1, 0.15) is 42.8 Å². The van der Waals surface area contributed by atoms with Crippen LogP contribution in [-0.4, -0.2) is 60.2 Å². The van der Waals surface area contributed by atoms with E-state index >= 15 is 0 Å². The summed E-state index contributed by atoms with van der Waals surface area (Å²) >= 11 is 0. The minimum atomic E-state index is -4.71. The number of hydrogen-bond acceptors (Lipinski definition) is 9. The van der Waals surface area contributed by atoms with Gasteiger partial charge in [0, 0.05) is 56.0 Å². The molecule has 3 aromatic carbocycles. The lowest BCUT2D eigenvalue weighted by molar-refractivity contribution is -0.389. The SMILES string of the molecule is CN(CC1CCN(c2ccc(OCC3CCn4cc([N+](=O)[O-])nc4O3)cc2)CC1)c1ccc(OCc2ccc(OC(F)(F)F)cc2)cc1. The molecule has 1 unspecified atom stereocenters. The average Bonchev–Trinajstić information content (AvgIpc) is 3.51. The van der Waals surface area contributed by atoms with E-state index in [2.05, 4.69) is 38.7 Å². The zero-order valence-electron chi connectivity index (χ0n) is 26.3. The van der Waals surface area contributed by atoms with Gasteiger partial charge in [-0.15, -0.1) is 13.2 Å². The first kappa shape index (κ1) is 32.8. The molecule has 3 heterocycles. The molecule has 0 spiro atoms. The van der Waals surface area contributed by atoms with Crippen molar-refractivity contribution in [2.75, 3.05) is 43.1 Å². The minimum absolute atomic E-state index is 0.218. The molecule has 11 nitrogen and oxygen atoms in total. The summed E-state index contributed by atoms with van der Waals surface area (Å²) in [5, 5.41) is 11.0. The molecular formula is C34H36F3N5O6. The van der Waals surface area contributed by atoms with Crippen LogP contribution in [0.25, 0.3) is 0 Å². The van der Waals surface area contributed by atoms with Gasteiger partial charge in [-0.1, -0.05) is 12.1 Å². The molecule has 1 aromatic heterocycles. The van der Waals surface area contributed by atoms with Crippen molar-refractivity contribution < 1.29 is 37.0 Å². The molecule has 0 N–H and O–H groups in total. The number of rotatable bonds is 12. The molecule has 0 radical (unpaired) electrons. The molecular weight excluding hydrogens is 631 g/mol. The number of halogens is 3. The predicted octanol–water partition coefficient (Wildman–Crippen LogP) is 6.85. The smallest absolute Gasteiger partial charge is 0.490 e. The number of imidazole rings is 1. The zero-order valence-corrected chi connectivity index (χ0v) is 26.3. The van der Waals surface area contributed by atoms with E-state index in [1.165, 1.54) is 18.3 Å². The number of benzene rings is 3. The van der Waals surface area contributed by atoms with E-state index in [-0.39, 0.29) is 30.3 Å². The first-order valence-electron chi connectivity index (χ1n) is 15.7. The summed E-state index contributed by atoms with van der Waals surface area (Å²) in [7, 11) is 2.09. The van der Waals surface area contributed by atoms with Gasteiger partial charge in [-0.05, 0) is 89.9 Å². The molecule has 1 saturated heterocycles. The van der Waals surface area contributed by atoms with E-state index in [1.807, 2.05) is 36.4 Å². The van der Waals surface area contributed by atoms with Crippen molar-refractivity contribution in [1.82, 2.24) is 9.55 Å². The van der Waals surface area contributed by atoms with Crippen molar-refractivity contribution in [3.05, 3.63) is 94.7 Å². The van der Waals surface area contributed by atoms with Crippen LogP contribution in [0.3, 0.4) is 0 Å². The van der Waals surface area contributed by atoms with E-state index in [1.54, 1.807) is 16.7 Å². The maximum absolute atomic E-state index is 12.4. The van der Waals surface area contributed by atoms with E-state index in [0.717, 1.165) is 55.2 Å². The van der Waals surface area contributed by atoms with Crippen LogP contribution in [-0.2, 0) is 13.2 Å². The minimum Gasteiger partial charge on any atom is -0.490 e. The Morgan fingerprint density at radius 3 is 2.23 bits per heavy atom. The quantitative estimate of drug-likeness (QED) is 0.119. The number of nitrogens with zero attached hydrogens (tertiary/aromatic N) is 5. The Hall–Kier alpha value is -5.14. The van der Waals surface area contributed by atoms with Gasteiger partial charge in [0.05, 0.1) is 0 Å². The number of aryl methyl sites for hydroxylation is 1. The summed E-state index contributed by atoms with van der Waals surface area (Å²) in [5.74, 6) is 1.49. The molecule has 2 aliphatic rings. The highest BCUT2D eigenvalue weighted by atomic mass is 19.4. The van der Waals surface area contributed by atoms with Crippen molar-refractivity contribution in [3.63, 3.8) is 0 Å². The topological polar surface area (TPSA) is 104 Å². The average molecular weight is 668 g/mol. The largest absolute Gasteiger partial charge is 0.573 e. The van der Waals surface area contributed by atoms with Gasteiger partial charge < -0.3 is 38.9 Å². The van der Waals surface area contributed by atoms with Gasteiger partial charge in [0.15, 0.2) is 0 Å². The van der Waals surface area contributed by atoms with Crippen LogP contribution in [0.1, 0.15) is 24.8 Å². The number of anilines is 2. The van der Waals surface area contributed by atoms with Crippen LogP contribution in [0.5, 0.6) is 23.3 Å². The number of aromatic nitrogens is 2. The van der Waals surface area contributed by atoms with Gasteiger partial charge in [-0.25, -0.2) is 0 Å². The van der Waals surface area contributed by atoms with E-state index < -0.39 is 11.3 Å². The normalized spacial score (nSPS) is 16.5. The Kier molecular flexibility index (Phi) is 9.78. The molecule has 0 aliphatic carbocycles. The Morgan fingerprint density at radius 1 is 0.917 bits per heavy atom. The number of nitro groups is 1. The maximum Gasteiger partial charge on any atom is 0.573 e. The third-order valence-corrected chi connectivity index (χ3v) is 8.50. The Labute approximate surface area is 275 Å². The predicted molar refractivity (Wildman–Crippen MR) is 172 cm³/mol. The molecule has 6 rings (SSSR count). The van der Waals surface area contributed by atoms with Gasteiger partial charge in [-0.2, -0.15) is 0 Å². The van der Waals surface area contributed by atoms with Gasteiger partial charge in [0.25, 0.3) is 0 Å². The van der Waals surface area contributed by atoms with Crippen LogP contribution < -0.4 is 28.7 Å². The van der Waals surface area contributed by atoms with Crippen molar-refractivity contribution in [2.24, 2.45) is 5.92 Å². The molecule has 1 atom stereocenters. The molecule has 0 saturated carbocycles. The molecule has 1 fully saturated rings. The van der Waals surface area contributed by atoms with Crippen molar-refractivity contribution in [2.45, 2.75) is 44.9 Å². The number of hydrogen-bond donors (Lipinski definition) is 0. The summed E-state index contributed by atoms with van der Waals surface area (Å²) in [6, 6.07) is 21.8. The Bertz CT molecular complexity index is 1660. The van der Waals surface area contributed by atoms with E-state index in [4.69, 9.17) is 14.2 Å². The van der Waals surface area contributed by atoms with E-state index in [0.29, 0.717) is 31.2 Å². The van der Waals surface area contributed by atoms with E-state index in [9.17, 15) is 23.3 Å². The number of piperidine rings is 1. The summed E-state index contributed by atoms with van der Waals surface area (Å²) in [6.45, 7) is 4.01. The second kappa shape index (κ2) is 14.3. The van der Waals surface area contributed by atoms with Crippen LogP contribution in [0.4, 0.5) is 30.4 Å². The van der Waals surface area contributed by atoms with Gasteiger partial charge in [-0.3, -0.25) is 4.57 Å². The molecule has 14 heteroatoms. The molecule has 0 bridgehead atoms. The monoisotopic (exact) mass is 667 g/mol. The van der Waals surface area contributed by atoms with Crippen molar-refractivity contribution >= 4 is 17.2 Å². The highest BCUT2D eigenvalue weighted by Gasteiger charge is 2.31. The highest BCUT2D eigenvalue weighted by molar-refractivity contribution is 5.50. The summed E-state index contributed by atoms with van der Waals surface area (Å²) in [6.07, 6.45) is -0.731. The lowest BCUT2D eigenvalue weighted by Crippen LogP contribution is -2.37. The second-order valence-corrected chi connectivity index (χ2v) is 12.0. The lowest BCUT2D eigenvalue weighted by atomic mass is 9.95. The third-order valence-electron chi connectivity index (χ3n) is 8.50. The fourth-order valence-corrected chi connectivity index (χ4v) is 5.90. The molecule has 48 heavy (non-hydrogen) atoms. The molecule has 4 aromatic rings. The molecule has 2 aliphatic heterocycles. The molecule has 254 valence electrons. The first-order valence-corrected chi connectivity index (χ1v) is 15.7. The van der Waals surface area contributed by atoms with Crippen molar-refractivity contribution in [1.29, 1.82) is 0 Å². The van der Waals surface area contributed by atoms with Crippen LogP contribution in [0.15, 0.2) is 79.0 Å². The van der Waals surface area contributed by atoms with Crippen LogP contribution >= 0.6 is 0 Å². The van der Waals surface area contributed by atoms with Crippen LogP contribution in [0, 0.1) is 16.0 Å². The zero-order chi connectivity index (χ0) is 33.7. The fourth-order valence-electron chi connectivity index (χ4n) is 5.90. The fraction of sp³-hybridized carbons (Fsp3) is 0.382. The standard InChI is InChI=1S/C34H36F3N5O6/c1-39(26-4-10-28(11-5-26)45-22-25-2-8-30(9-3-25)48-34(35,36)37)20-24-14-17-40(18-15-24)27-6-12-29(13-7-27)46-23-31-16-19-41-21-32(42(43)44)38-33(41)47-31/h2-13,21,24,31H,14-20,22-23H2,1H3. The van der Waals surface area contributed by atoms with Gasteiger partial charge >= 0.3 is 18.2 Å². The lowest BCUT2D eigenvalue weighted by Gasteiger charge is -2.35. The second-order valence-electron chi connectivity index (χ2n) is 12.0. The maximum atomic E-state index is 12.4. The Morgan fingerprint density at radius 2 is 1.56 bits per heavy atom. The molecule has 0 amide bonds. The number of ether oxygens (including phenoxy) is 4. The Balaban J connectivity index is 0.904. The van der Waals surface area contributed by atoms with Crippen molar-refractivity contribution in [3.8, 4) is 23.3 Å². The number of alkyl halides is 3. The summed E-state index contributed by atoms with van der Waals surface area (Å²) in [5.41, 5.74) is 2.97. The number of fused-ring (bicyclic) bond motifs is 1. The summed E-state index contributed by atoms with van der Waals surface area (Å²) < 4.78 is 60.2. The summed E-state index contributed by atoms with van der Waals surface area (Å²) in [4.78, 5) is 19.0.